The number of hydrogen-bond donors (Lipinski definition) is 0. The molecule has 2 amide bonds. The molecule has 0 radical (unpaired) electrons. The van der Waals surface area contributed by atoms with Gasteiger partial charge in [0.05, 0.1) is 5.56 Å². The summed E-state index contributed by atoms with van der Waals surface area (Å²) >= 11 is 0. The van der Waals surface area contributed by atoms with Gasteiger partial charge in [0.1, 0.15) is 0 Å². The van der Waals surface area contributed by atoms with Crippen molar-refractivity contribution in [2.75, 3.05) is 25.1 Å². The molecule has 2 aromatic carbocycles. The first-order valence-electron chi connectivity index (χ1n) is 9.31. The number of hydrogen-bond acceptors (Lipinski definition) is 4. The third kappa shape index (κ3) is 4.76. The van der Waals surface area contributed by atoms with Crippen LogP contribution in [0.3, 0.4) is 0 Å². The van der Waals surface area contributed by atoms with Crippen LogP contribution in [-0.2, 0) is 20.9 Å². The van der Waals surface area contributed by atoms with Crippen LogP contribution in [0.4, 0.5) is 5.69 Å². The number of amides is 2. The molecule has 2 aromatic rings. The molecule has 1 aliphatic rings. The number of nitrogens with zero attached hydrogens (tertiary/aromatic N) is 2. The summed E-state index contributed by atoms with van der Waals surface area (Å²) < 4.78 is 5.18. The number of benzene rings is 2. The highest BCUT2D eigenvalue weighted by molar-refractivity contribution is 5.97. The summed E-state index contributed by atoms with van der Waals surface area (Å²) in [5.74, 6) is -0.802. The van der Waals surface area contributed by atoms with E-state index in [1.807, 2.05) is 31.2 Å². The average Bonchev–Trinajstić information content (AvgIpc) is 3.13. The zero-order valence-corrected chi connectivity index (χ0v) is 16.2. The molecule has 0 unspecified atom stereocenters. The van der Waals surface area contributed by atoms with E-state index in [-0.39, 0.29) is 18.4 Å². The van der Waals surface area contributed by atoms with Crippen LogP contribution in [0.2, 0.25) is 0 Å². The fraction of sp³-hybridized carbons (Fsp3) is 0.318. The second kappa shape index (κ2) is 8.69. The van der Waals surface area contributed by atoms with E-state index in [1.54, 1.807) is 36.2 Å². The van der Waals surface area contributed by atoms with Gasteiger partial charge in [-0.25, -0.2) is 4.79 Å². The molecule has 0 saturated carbocycles. The Hall–Kier alpha value is -3.15. The van der Waals surface area contributed by atoms with E-state index >= 15 is 0 Å². The minimum absolute atomic E-state index is 0.0541. The van der Waals surface area contributed by atoms with Crippen LogP contribution in [0, 0.1) is 6.92 Å². The number of likely N-dealkylation sites (N-methyl/N-ethyl adjacent to an activating group) is 1. The lowest BCUT2D eigenvalue weighted by Crippen LogP contribution is -2.30. The summed E-state index contributed by atoms with van der Waals surface area (Å²) in [6.07, 6.45) is 1.34. The maximum absolute atomic E-state index is 12.3. The van der Waals surface area contributed by atoms with Gasteiger partial charge in [-0.05, 0) is 37.1 Å². The Morgan fingerprint density at radius 3 is 2.57 bits per heavy atom. The molecule has 6 nitrogen and oxygen atoms in total. The van der Waals surface area contributed by atoms with Crippen LogP contribution in [0.15, 0.2) is 48.5 Å². The lowest BCUT2D eigenvalue weighted by Gasteiger charge is -2.18. The molecular formula is C22H24N2O4. The van der Waals surface area contributed by atoms with Crippen molar-refractivity contribution in [3.8, 4) is 0 Å². The first-order valence-corrected chi connectivity index (χ1v) is 9.31. The average molecular weight is 380 g/mol. The summed E-state index contributed by atoms with van der Waals surface area (Å²) in [6, 6.07) is 14.7. The number of carbonyl (C=O) groups is 3. The quantitative estimate of drug-likeness (QED) is 0.723. The van der Waals surface area contributed by atoms with Gasteiger partial charge < -0.3 is 14.5 Å². The van der Waals surface area contributed by atoms with Crippen LogP contribution in [0.5, 0.6) is 0 Å². The third-order valence-corrected chi connectivity index (χ3v) is 4.76. The van der Waals surface area contributed by atoms with E-state index in [2.05, 4.69) is 0 Å². The normalized spacial score (nSPS) is 13.5. The number of esters is 1. The number of rotatable bonds is 6. The Kier molecular flexibility index (Phi) is 6.09. The molecule has 0 aromatic heterocycles. The van der Waals surface area contributed by atoms with Gasteiger partial charge in [-0.3, -0.25) is 9.59 Å². The van der Waals surface area contributed by atoms with Gasteiger partial charge in [0, 0.05) is 32.2 Å². The maximum Gasteiger partial charge on any atom is 0.338 e. The highest BCUT2D eigenvalue weighted by atomic mass is 16.5. The lowest BCUT2D eigenvalue weighted by atomic mass is 10.1. The second-order valence-electron chi connectivity index (χ2n) is 7.01. The van der Waals surface area contributed by atoms with Gasteiger partial charge in [-0.2, -0.15) is 0 Å². The largest absolute Gasteiger partial charge is 0.452 e. The molecule has 0 atom stereocenters. The fourth-order valence-corrected chi connectivity index (χ4v) is 3.10. The number of carbonyl (C=O) groups excluding carboxylic acids is 3. The van der Waals surface area contributed by atoms with Crippen molar-refractivity contribution in [3.63, 3.8) is 0 Å². The minimum Gasteiger partial charge on any atom is -0.452 e. The van der Waals surface area contributed by atoms with Crippen LogP contribution >= 0.6 is 0 Å². The van der Waals surface area contributed by atoms with Crippen molar-refractivity contribution in [2.24, 2.45) is 0 Å². The molecule has 1 fully saturated rings. The molecule has 1 saturated heterocycles. The number of ether oxygens (including phenoxy) is 1. The van der Waals surface area contributed by atoms with E-state index in [0.717, 1.165) is 17.5 Å². The van der Waals surface area contributed by atoms with Crippen molar-refractivity contribution in [1.82, 2.24) is 4.90 Å². The van der Waals surface area contributed by atoms with Crippen LogP contribution < -0.4 is 4.90 Å². The molecule has 0 N–H and O–H groups in total. The maximum atomic E-state index is 12.3. The topological polar surface area (TPSA) is 66.9 Å². The third-order valence-electron chi connectivity index (χ3n) is 4.76. The fourth-order valence-electron chi connectivity index (χ4n) is 3.10. The van der Waals surface area contributed by atoms with Crippen LogP contribution in [0.1, 0.15) is 34.3 Å². The van der Waals surface area contributed by atoms with E-state index in [1.165, 1.54) is 4.90 Å². The minimum atomic E-state index is -0.578. The Labute approximate surface area is 164 Å². The lowest BCUT2D eigenvalue weighted by molar-refractivity contribution is -0.133. The van der Waals surface area contributed by atoms with Crippen molar-refractivity contribution in [3.05, 3.63) is 65.2 Å². The molecule has 6 heteroatoms. The molecule has 0 bridgehead atoms. The Balaban J connectivity index is 1.55. The molecule has 28 heavy (non-hydrogen) atoms. The zero-order valence-electron chi connectivity index (χ0n) is 16.2. The standard InChI is InChI=1S/C22H24N2O4/c1-16-8-10-17(11-9-16)14-23(2)21(26)15-28-22(27)18-5-3-6-19(13-18)24-12-4-7-20(24)25/h3,5-6,8-11,13H,4,7,12,14-15H2,1-2H3. The molecule has 1 aliphatic heterocycles. The molecule has 1 heterocycles. The van der Waals surface area contributed by atoms with Crippen molar-refractivity contribution < 1.29 is 19.1 Å². The van der Waals surface area contributed by atoms with E-state index in [4.69, 9.17) is 4.74 Å². The first-order chi connectivity index (χ1) is 13.4. The predicted octanol–water partition coefficient (Wildman–Crippen LogP) is 2.94. The van der Waals surface area contributed by atoms with Gasteiger partial charge in [0.15, 0.2) is 6.61 Å². The summed E-state index contributed by atoms with van der Waals surface area (Å²) in [4.78, 5) is 39.6. The molecule has 146 valence electrons. The van der Waals surface area contributed by atoms with Crippen molar-refractivity contribution in [1.29, 1.82) is 0 Å². The number of anilines is 1. The summed E-state index contributed by atoms with van der Waals surface area (Å²) in [6.45, 7) is 2.78. The van der Waals surface area contributed by atoms with Gasteiger partial charge in [-0.15, -0.1) is 0 Å². The molecule has 3 rings (SSSR count). The zero-order chi connectivity index (χ0) is 20.1. The van der Waals surface area contributed by atoms with Crippen LogP contribution in [0.25, 0.3) is 0 Å². The van der Waals surface area contributed by atoms with Gasteiger partial charge in [0.2, 0.25) is 5.91 Å². The highest BCUT2D eigenvalue weighted by Gasteiger charge is 2.22. The Morgan fingerprint density at radius 2 is 1.89 bits per heavy atom. The Bertz CT molecular complexity index is 876. The smallest absolute Gasteiger partial charge is 0.338 e. The van der Waals surface area contributed by atoms with Crippen molar-refractivity contribution >= 4 is 23.5 Å². The van der Waals surface area contributed by atoms with E-state index in [0.29, 0.717) is 30.8 Å². The summed E-state index contributed by atoms with van der Waals surface area (Å²) in [5.41, 5.74) is 3.17. The Morgan fingerprint density at radius 1 is 1.14 bits per heavy atom. The predicted molar refractivity (Wildman–Crippen MR) is 106 cm³/mol. The monoisotopic (exact) mass is 380 g/mol. The summed E-state index contributed by atoms with van der Waals surface area (Å²) in [7, 11) is 1.68. The second-order valence-corrected chi connectivity index (χ2v) is 7.01. The molecular weight excluding hydrogens is 356 g/mol. The van der Waals surface area contributed by atoms with E-state index in [9.17, 15) is 14.4 Å². The highest BCUT2D eigenvalue weighted by Crippen LogP contribution is 2.22. The summed E-state index contributed by atoms with van der Waals surface area (Å²) in [5, 5.41) is 0. The van der Waals surface area contributed by atoms with Crippen LogP contribution in [-0.4, -0.2) is 42.9 Å². The molecule has 0 spiro atoms. The first kappa shape index (κ1) is 19.6. The van der Waals surface area contributed by atoms with E-state index < -0.39 is 5.97 Å². The number of aryl methyl sites for hydroxylation is 1. The van der Waals surface area contributed by atoms with Crippen molar-refractivity contribution in [2.45, 2.75) is 26.3 Å². The van der Waals surface area contributed by atoms with Gasteiger partial charge in [0.25, 0.3) is 5.91 Å². The van der Waals surface area contributed by atoms with Gasteiger partial charge >= 0.3 is 5.97 Å². The van der Waals surface area contributed by atoms with Gasteiger partial charge in [-0.1, -0.05) is 35.9 Å². The SMILES string of the molecule is Cc1ccc(CN(C)C(=O)COC(=O)c2cccc(N3CCCC3=O)c2)cc1. The molecule has 0 aliphatic carbocycles.